The molecule has 2 N–H and O–H groups in total. The molecule has 1 heterocycles. The normalized spacial score (nSPS) is 16.2. The van der Waals surface area contributed by atoms with Crippen LogP contribution in [0.5, 0.6) is 0 Å². The lowest BCUT2D eigenvalue weighted by atomic mass is 10.2. The number of carbonyl (C=O) groups is 2. The standard InChI is InChI=1S/C20H23N3O3/c1-21-16-10-5-6-11-17(16)22-19(24)18-12-7-13-23(18)20(25)26-14-15-8-3-2-4-9-15/h2-6,8-11,18,21H,7,12-14H2,1H3,(H,22,24). The fourth-order valence-corrected chi connectivity index (χ4v) is 3.09. The van der Waals surface area contributed by atoms with Crippen LogP contribution >= 0.6 is 0 Å². The second kappa shape index (κ2) is 8.38. The Bertz CT molecular complexity index is 764. The van der Waals surface area contributed by atoms with E-state index >= 15 is 0 Å². The maximum atomic E-state index is 12.7. The molecule has 2 amide bonds. The number of hydrogen-bond acceptors (Lipinski definition) is 4. The molecule has 136 valence electrons. The van der Waals surface area contributed by atoms with Gasteiger partial charge in [0.2, 0.25) is 5.91 Å². The van der Waals surface area contributed by atoms with Crippen LogP contribution in [0.2, 0.25) is 0 Å². The Balaban J connectivity index is 1.61. The van der Waals surface area contributed by atoms with Gasteiger partial charge in [0.1, 0.15) is 12.6 Å². The molecule has 2 aromatic rings. The van der Waals surface area contributed by atoms with E-state index in [9.17, 15) is 9.59 Å². The fourth-order valence-electron chi connectivity index (χ4n) is 3.09. The number of nitrogens with one attached hydrogen (secondary N) is 2. The van der Waals surface area contributed by atoms with Gasteiger partial charge in [-0.2, -0.15) is 0 Å². The summed E-state index contributed by atoms with van der Waals surface area (Å²) in [7, 11) is 1.80. The van der Waals surface area contributed by atoms with Gasteiger partial charge in [0.25, 0.3) is 0 Å². The summed E-state index contributed by atoms with van der Waals surface area (Å²) in [5, 5.41) is 5.96. The molecule has 1 saturated heterocycles. The van der Waals surface area contributed by atoms with Crippen LogP contribution in [0.4, 0.5) is 16.2 Å². The topological polar surface area (TPSA) is 70.7 Å². The summed E-state index contributed by atoms with van der Waals surface area (Å²) in [6.07, 6.45) is 0.966. The third kappa shape index (κ3) is 4.14. The van der Waals surface area contributed by atoms with Crippen molar-refractivity contribution in [3.8, 4) is 0 Å². The molecule has 0 saturated carbocycles. The molecule has 1 aliphatic rings. The molecule has 3 rings (SSSR count). The third-order valence-corrected chi connectivity index (χ3v) is 4.45. The average molecular weight is 353 g/mol. The number of carbonyl (C=O) groups excluding carboxylic acids is 2. The number of nitrogens with zero attached hydrogens (tertiary/aromatic N) is 1. The van der Waals surface area contributed by atoms with Crippen LogP contribution in [0.25, 0.3) is 0 Å². The van der Waals surface area contributed by atoms with Crippen molar-refractivity contribution in [3.63, 3.8) is 0 Å². The van der Waals surface area contributed by atoms with E-state index < -0.39 is 12.1 Å². The third-order valence-electron chi connectivity index (χ3n) is 4.45. The van der Waals surface area contributed by atoms with Crippen LogP contribution in [-0.2, 0) is 16.1 Å². The molecule has 0 aliphatic carbocycles. The Hall–Kier alpha value is -3.02. The first-order valence-electron chi connectivity index (χ1n) is 8.74. The van der Waals surface area contributed by atoms with Gasteiger partial charge >= 0.3 is 6.09 Å². The van der Waals surface area contributed by atoms with Crippen LogP contribution < -0.4 is 10.6 Å². The molecule has 6 heteroatoms. The minimum atomic E-state index is -0.511. The van der Waals surface area contributed by atoms with E-state index in [1.165, 1.54) is 4.90 Å². The summed E-state index contributed by atoms with van der Waals surface area (Å²) in [6.45, 7) is 0.729. The minimum absolute atomic E-state index is 0.193. The lowest BCUT2D eigenvalue weighted by molar-refractivity contribution is -0.120. The molecule has 0 aromatic heterocycles. The molecule has 0 bridgehead atoms. The monoisotopic (exact) mass is 353 g/mol. The van der Waals surface area contributed by atoms with Crippen molar-refractivity contribution in [3.05, 3.63) is 60.2 Å². The van der Waals surface area contributed by atoms with Crippen molar-refractivity contribution >= 4 is 23.4 Å². The molecule has 1 fully saturated rings. The van der Waals surface area contributed by atoms with Crippen LogP contribution in [0, 0.1) is 0 Å². The molecular formula is C20H23N3O3. The summed E-state index contributed by atoms with van der Waals surface area (Å²) in [5.41, 5.74) is 2.45. The Morgan fingerprint density at radius 2 is 1.77 bits per heavy atom. The highest BCUT2D eigenvalue weighted by Crippen LogP contribution is 2.24. The SMILES string of the molecule is CNc1ccccc1NC(=O)C1CCCN1C(=O)OCc1ccccc1. The Labute approximate surface area is 153 Å². The van der Waals surface area contributed by atoms with Gasteiger partial charge in [0, 0.05) is 13.6 Å². The average Bonchev–Trinajstić information content (AvgIpc) is 3.17. The van der Waals surface area contributed by atoms with Crippen molar-refractivity contribution in [1.29, 1.82) is 0 Å². The van der Waals surface area contributed by atoms with E-state index in [1.54, 1.807) is 7.05 Å². The van der Waals surface area contributed by atoms with E-state index in [-0.39, 0.29) is 12.5 Å². The number of rotatable bonds is 5. The summed E-state index contributed by atoms with van der Waals surface area (Å²) < 4.78 is 5.38. The second-order valence-corrected chi connectivity index (χ2v) is 6.18. The van der Waals surface area contributed by atoms with Gasteiger partial charge < -0.3 is 15.4 Å². The van der Waals surface area contributed by atoms with Crippen molar-refractivity contribution in [2.45, 2.75) is 25.5 Å². The van der Waals surface area contributed by atoms with E-state index in [4.69, 9.17) is 4.74 Å². The Morgan fingerprint density at radius 1 is 1.08 bits per heavy atom. The minimum Gasteiger partial charge on any atom is -0.445 e. The smallest absolute Gasteiger partial charge is 0.410 e. The van der Waals surface area contributed by atoms with E-state index in [1.807, 2.05) is 54.6 Å². The maximum Gasteiger partial charge on any atom is 0.410 e. The fraction of sp³-hybridized carbons (Fsp3) is 0.300. The number of para-hydroxylation sites is 2. The highest BCUT2D eigenvalue weighted by atomic mass is 16.6. The predicted octanol–water partition coefficient (Wildman–Crippen LogP) is 3.47. The second-order valence-electron chi connectivity index (χ2n) is 6.18. The molecule has 2 aromatic carbocycles. The number of ether oxygens (including phenoxy) is 1. The predicted molar refractivity (Wildman–Crippen MR) is 101 cm³/mol. The largest absolute Gasteiger partial charge is 0.445 e. The first-order chi connectivity index (χ1) is 12.7. The van der Waals surface area contributed by atoms with Gasteiger partial charge in [-0.15, -0.1) is 0 Å². The van der Waals surface area contributed by atoms with Gasteiger partial charge in [-0.1, -0.05) is 42.5 Å². The first kappa shape index (κ1) is 17.8. The molecule has 0 radical (unpaired) electrons. The summed E-state index contributed by atoms with van der Waals surface area (Å²) in [6, 6.07) is 16.5. The Morgan fingerprint density at radius 3 is 2.50 bits per heavy atom. The molecule has 1 aliphatic heterocycles. The van der Waals surface area contributed by atoms with E-state index in [2.05, 4.69) is 10.6 Å². The molecule has 26 heavy (non-hydrogen) atoms. The lowest BCUT2D eigenvalue weighted by Gasteiger charge is -2.23. The number of hydrogen-bond donors (Lipinski definition) is 2. The first-order valence-corrected chi connectivity index (χ1v) is 8.74. The maximum absolute atomic E-state index is 12.7. The molecular weight excluding hydrogens is 330 g/mol. The summed E-state index contributed by atoms with van der Waals surface area (Å²) >= 11 is 0. The van der Waals surface area contributed by atoms with Crippen molar-refractivity contribution in [2.75, 3.05) is 24.2 Å². The van der Waals surface area contributed by atoms with Gasteiger partial charge in [0.05, 0.1) is 11.4 Å². The number of likely N-dealkylation sites (tertiary alicyclic amines) is 1. The van der Waals surface area contributed by atoms with Crippen molar-refractivity contribution in [2.24, 2.45) is 0 Å². The molecule has 6 nitrogen and oxygen atoms in total. The molecule has 1 atom stereocenters. The zero-order valence-electron chi connectivity index (χ0n) is 14.8. The van der Waals surface area contributed by atoms with Crippen molar-refractivity contribution in [1.82, 2.24) is 4.90 Å². The van der Waals surface area contributed by atoms with Crippen molar-refractivity contribution < 1.29 is 14.3 Å². The number of anilines is 2. The highest BCUT2D eigenvalue weighted by Gasteiger charge is 2.35. The number of amides is 2. The van der Waals surface area contributed by atoms with E-state index in [0.29, 0.717) is 18.7 Å². The summed E-state index contributed by atoms with van der Waals surface area (Å²) in [4.78, 5) is 26.6. The molecule has 1 unspecified atom stereocenters. The number of benzene rings is 2. The van der Waals surface area contributed by atoms with Gasteiger partial charge in [-0.25, -0.2) is 4.79 Å². The molecule has 0 spiro atoms. The zero-order valence-corrected chi connectivity index (χ0v) is 14.8. The Kier molecular flexibility index (Phi) is 5.73. The zero-order chi connectivity index (χ0) is 18.4. The quantitative estimate of drug-likeness (QED) is 0.863. The van der Waals surface area contributed by atoms with Gasteiger partial charge in [-0.3, -0.25) is 9.69 Å². The van der Waals surface area contributed by atoms with Gasteiger partial charge in [-0.05, 0) is 30.5 Å². The van der Waals surface area contributed by atoms with Crippen LogP contribution in [-0.4, -0.2) is 36.5 Å². The van der Waals surface area contributed by atoms with Crippen LogP contribution in [0.1, 0.15) is 18.4 Å². The highest BCUT2D eigenvalue weighted by molar-refractivity contribution is 5.99. The lowest BCUT2D eigenvalue weighted by Crippen LogP contribution is -2.43. The van der Waals surface area contributed by atoms with Crippen LogP contribution in [0.15, 0.2) is 54.6 Å². The van der Waals surface area contributed by atoms with Crippen LogP contribution in [0.3, 0.4) is 0 Å². The van der Waals surface area contributed by atoms with E-state index in [0.717, 1.165) is 17.7 Å². The van der Waals surface area contributed by atoms with Gasteiger partial charge in [0.15, 0.2) is 0 Å². The summed E-state index contributed by atoms with van der Waals surface area (Å²) in [5.74, 6) is -0.193.